The van der Waals surface area contributed by atoms with Crippen LogP contribution in [0.15, 0.2) is 58.8 Å². The van der Waals surface area contributed by atoms with Crippen molar-refractivity contribution in [3.63, 3.8) is 0 Å². The minimum absolute atomic E-state index is 0.224. The van der Waals surface area contributed by atoms with Crippen molar-refractivity contribution in [2.45, 2.75) is 0 Å². The molecule has 114 valence electrons. The molecule has 2 aromatic carbocycles. The normalized spacial score (nSPS) is 14.1. The number of benzene rings is 2. The van der Waals surface area contributed by atoms with Gasteiger partial charge in [0.25, 0.3) is 5.91 Å². The van der Waals surface area contributed by atoms with Crippen LogP contribution in [0.5, 0.6) is 0 Å². The summed E-state index contributed by atoms with van der Waals surface area (Å²) in [6.07, 6.45) is 0. The van der Waals surface area contributed by atoms with E-state index in [4.69, 9.17) is 12.2 Å². The van der Waals surface area contributed by atoms with Crippen LogP contribution in [-0.4, -0.2) is 16.7 Å². The highest BCUT2D eigenvalue weighted by Gasteiger charge is 2.25. The second kappa shape index (κ2) is 6.32. The topological polar surface area (TPSA) is 94.9 Å². The van der Waals surface area contributed by atoms with Gasteiger partial charge in [-0.3, -0.25) is 10.2 Å². The molecule has 0 fully saturated rings. The molecule has 0 unspecified atom stereocenters. The van der Waals surface area contributed by atoms with Gasteiger partial charge in [-0.2, -0.15) is 5.10 Å². The molecular weight excluding hydrogens is 314 g/mol. The molecule has 0 aromatic heterocycles. The molecule has 23 heavy (non-hydrogen) atoms. The lowest BCUT2D eigenvalue weighted by Gasteiger charge is -2.07. The number of rotatable bonds is 3. The number of fused-ring (bicyclic) bond motifs is 1. The first kappa shape index (κ1) is 14.8. The Hall–Kier alpha value is -3.13. The van der Waals surface area contributed by atoms with Gasteiger partial charge in [0.1, 0.15) is 5.69 Å². The number of nitrogens with zero attached hydrogens (tertiary/aromatic N) is 2. The van der Waals surface area contributed by atoms with Crippen molar-refractivity contribution in [3.05, 3.63) is 59.0 Å². The zero-order chi connectivity index (χ0) is 16.2. The Balaban J connectivity index is 1.68. The fourth-order valence-electron chi connectivity index (χ4n) is 2.08. The van der Waals surface area contributed by atoms with Gasteiger partial charge in [0.2, 0.25) is 0 Å². The van der Waals surface area contributed by atoms with E-state index in [0.29, 0.717) is 22.6 Å². The summed E-state index contributed by atoms with van der Waals surface area (Å²) in [4.78, 5) is 22.2. The van der Waals surface area contributed by atoms with E-state index in [1.165, 1.54) is 0 Å². The molecule has 1 aliphatic rings. The third-order valence-corrected chi connectivity index (χ3v) is 3.34. The van der Waals surface area contributed by atoms with Crippen molar-refractivity contribution < 1.29 is 4.79 Å². The molecule has 3 rings (SSSR count). The molecule has 0 saturated heterocycles. The Bertz CT molecular complexity index is 817. The molecule has 1 heterocycles. The van der Waals surface area contributed by atoms with Gasteiger partial charge < -0.3 is 10.6 Å². The van der Waals surface area contributed by atoms with Gasteiger partial charge >= 0.3 is 0 Å². The molecule has 0 atom stereocenters. The first-order valence-corrected chi connectivity index (χ1v) is 7.07. The summed E-state index contributed by atoms with van der Waals surface area (Å²) in [7, 11) is 0. The highest BCUT2D eigenvalue weighted by molar-refractivity contribution is 7.80. The van der Waals surface area contributed by atoms with Crippen molar-refractivity contribution >= 4 is 46.0 Å². The maximum atomic E-state index is 11.9. The summed E-state index contributed by atoms with van der Waals surface area (Å²) in [5, 5.41) is 12.7. The molecule has 1 amide bonds. The molecule has 8 heteroatoms. The first-order chi connectivity index (χ1) is 11.2. The lowest BCUT2D eigenvalue weighted by molar-refractivity contribution is -0.110. The molecule has 0 radical (unpaired) electrons. The Morgan fingerprint density at radius 1 is 1.09 bits per heavy atom. The van der Waals surface area contributed by atoms with Crippen LogP contribution in [0.2, 0.25) is 0 Å². The lowest BCUT2D eigenvalue weighted by Crippen LogP contribution is -2.27. The van der Waals surface area contributed by atoms with Crippen LogP contribution in [-0.2, 0) is 4.79 Å². The summed E-state index contributed by atoms with van der Waals surface area (Å²) in [6.45, 7) is 0. The molecule has 0 saturated carbocycles. The highest BCUT2D eigenvalue weighted by atomic mass is 32.1. The van der Waals surface area contributed by atoms with E-state index < -0.39 is 0 Å². The van der Waals surface area contributed by atoms with E-state index in [0.717, 1.165) is 0 Å². The Labute approximate surface area is 136 Å². The molecule has 1 aliphatic heterocycles. The van der Waals surface area contributed by atoms with Crippen LogP contribution in [0.25, 0.3) is 0 Å². The largest absolute Gasteiger partial charge is 0.331 e. The summed E-state index contributed by atoms with van der Waals surface area (Å²) >= 11 is 5.12. The molecule has 7 nitrogen and oxygen atoms in total. The smallest absolute Gasteiger partial charge is 0.276 e. The third-order valence-electron chi connectivity index (χ3n) is 3.15. The number of anilines is 2. The average molecular weight is 325 g/mol. The molecule has 0 spiro atoms. The number of hydrazone groups is 1. The third kappa shape index (κ3) is 3.22. The number of thiocarbonyl (C=S) groups is 1. The zero-order valence-electron chi connectivity index (χ0n) is 11.7. The standard InChI is InChI=1S/C15H11N5O2S/c21-14-13(11-3-1-2-4-12(11)17-14)18-19-15(23)16-9-5-7-10(20-22)8-6-9/h1-8H,(H2,16,19,23)(H,17,18,21). The summed E-state index contributed by atoms with van der Waals surface area (Å²) in [5.41, 5.74) is 5.34. The second-order valence-electron chi connectivity index (χ2n) is 4.66. The Kier molecular flexibility index (Phi) is 4.07. The van der Waals surface area contributed by atoms with Crippen molar-refractivity contribution in [2.24, 2.45) is 10.3 Å². The lowest BCUT2D eigenvalue weighted by atomic mass is 10.1. The van der Waals surface area contributed by atoms with Gasteiger partial charge in [-0.25, -0.2) is 0 Å². The van der Waals surface area contributed by atoms with E-state index in [1.54, 1.807) is 36.4 Å². The Morgan fingerprint density at radius 2 is 1.83 bits per heavy atom. The van der Waals surface area contributed by atoms with Gasteiger partial charge in [0.05, 0.1) is 5.69 Å². The van der Waals surface area contributed by atoms with Crippen molar-refractivity contribution in [1.29, 1.82) is 0 Å². The maximum Gasteiger partial charge on any atom is 0.276 e. The summed E-state index contributed by atoms with van der Waals surface area (Å²) in [5.74, 6) is -0.289. The number of nitrogens with one attached hydrogen (secondary N) is 3. The van der Waals surface area contributed by atoms with Crippen molar-refractivity contribution in [3.8, 4) is 0 Å². The predicted octanol–water partition coefficient (Wildman–Crippen LogP) is 2.73. The van der Waals surface area contributed by atoms with Gasteiger partial charge in [-0.05, 0) is 47.7 Å². The number of carbonyl (C=O) groups is 1. The Morgan fingerprint density at radius 3 is 2.57 bits per heavy atom. The number of hydrogen-bond acceptors (Lipinski definition) is 5. The molecule has 0 aliphatic carbocycles. The first-order valence-electron chi connectivity index (χ1n) is 6.66. The number of nitroso groups, excluding NO2 is 1. The minimum atomic E-state index is -0.289. The van der Waals surface area contributed by atoms with E-state index in [1.807, 2.05) is 12.1 Å². The molecule has 0 bridgehead atoms. The van der Waals surface area contributed by atoms with Crippen LogP contribution in [0.1, 0.15) is 5.56 Å². The highest BCUT2D eigenvalue weighted by Crippen LogP contribution is 2.22. The summed E-state index contributed by atoms with van der Waals surface area (Å²) < 4.78 is 0. The van der Waals surface area contributed by atoms with E-state index in [-0.39, 0.29) is 16.7 Å². The van der Waals surface area contributed by atoms with Crippen LogP contribution in [0.3, 0.4) is 0 Å². The molecule has 3 N–H and O–H groups in total. The quantitative estimate of drug-likeness (QED) is 0.458. The fourth-order valence-corrected chi connectivity index (χ4v) is 2.25. The summed E-state index contributed by atoms with van der Waals surface area (Å²) in [6, 6.07) is 13.7. The van der Waals surface area contributed by atoms with Crippen LogP contribution in [0, 0.1) is 4.91 Å². The van der Waals surface area contributed by atoms with Gasteiger partial charge in [-0.15, -0.1) is 4.91 Å². The maximum absolute atomic E-state index is 11.9. The van der Waals surface area contributed by atoms with E-state index in [9.17, 15) is 9.70 Å². The second-order valence-corrected chi connectivity index (χ2v) is 5.07. The monoisotopic (exact) mass is 325 g/mol. The zero-order valence-corrected chi connectivity index (χ0v) is 12.6. The van der Waals surface area contributed by atoms with Crippen molar-refractivity contribution in [1.82, 2.24) is 5.43 Å². The SMILES string of the molecule is O=Nc1ccc(NC(=S)N/N=C2\C(=O)Nc3ccccc32)cc1. The number of carbonyl (C=O) groups excluding carboxylic acids is 1. The van der Waals surface area contributed by atoms with Gasteiger partial charge in [-0.1, -0.05) is 18.2 Å². The van der Waals surface area contributed by atoms with Crippen LogP contribution >= 0.6 is 12.2 Å². The minimum Gasteiger partial charge on any atom is -0.331 e. The number of hydrogen-bond donors (Lipinski definition) is 3. The van der Waals surface area contributed by atoms with Gasteiger partial charge in [0, 0.05) is 11.3 Å². The molecular formula is C15H11N5O2S. The van der Waals surface area contributed by atoms with E-state index >= 15 is 0 Å². The fraction of sp³-hybridized carbons (Fsp3) is 0. The number of para-hydroxylation sites is 1. The van der Waals surface area contributed by atoms with E-state index in [2.05, 4.69) is 26.3 Å². The average Bonchev–Trinajstić information content (AvgIpc) is 2.89. The predicted molar refractivity (Wildman–Crippen MR) is 92.9 cm³/mol. The van der Waals surface area contributed by atoms with Gasteiger partial charge in [0.15, 0.2) is 10.8 Å². The number of amides is 1. The van der Waals surface area contributed by atoms with Crippen molar-refractivity contribution in [2.75, 3.05) is 10.6 Å². The van der Waals surface area contributed by atoms with Crippen LogP contribution < -0.4 is 16.1 Å². The molecule has 2 aromatic rings. The van der Waals surface area contributed by atoms with Crippen LogP contribution in [0.4, 0.5) is 17.1 Å².